The SMILES string of the molecule is CN1CCN(C2CCN(c3ccc(Nc4nc(NC5CCOCC5)c(-c5ccccc5Cl)nc4C(N)=O)cc3)CC2)CC1. The van der Waals surface area contributed by atoms with Crippen molar-refractivity contribution in [3.8, 4) is 11.3 Å². The van der Waals surface area contributed by atoms with Gasteiger partial charge in [0.1, 0.15) is 5.69 Å². The maximum Gasteiger partial charge on any atom is 0.271 e. The molecule has 3 fully saturated rings. The van der Waals surface area contributed by atoms with Crippen LogP contribution in [-0.4, -0.2) is 97.3 Å². The molecule has 228 valence electrons. The molecule has 0 unspecified atom stereocenters. The van der Waals surface area contributed by atoms with E-state index in [4.69, 9.17) is 32.0 Å². The molecule has 4 N–H and O–H groups in total. The number of nitrogens with one attached hydrogen (secondary N) is 2. The monoisotopic (exact) mass is 604 g/mol. The van der Waals surface area contributed by atoms with Crippen molar-refractivity contribution < 1.29 is 9.53 Å². The summed E-state index contributed by atoms with van der Waals surface area (Å²) in [5, 5.41) is 7.36. The number of piperazine rings is 1. The summed E-state index contributed by atoms with van der Waals surface area (Å²) >= 11 is 6.55. The zero-order valence-electron chi connectivity index (χ0n) is 24.8. The molecular weight excluding hydrogens is 564 g/mol. The fraction of sp³-hybridized carbons (Fsp3) is 0.469. The number of nitrogens with two attached hydrogens (primary N) is 1. The minimum absolute atomic E-state index is 0.0579. The third-order valence-corrected chi connectivity index (χ3v) is 9.16. The predicted molar refractivity (Wildman–Crippen MR) is 172 cm³/mol. The van der Waals surface area contributed by atoms with Crippen molar-refractivity contribution >= 4 is 40.5 Å². The summed E-state index contributed by atoms with van der Waals surface area (Å²) < 4.78 is 5.54. The van der Waals surface area contributed by atoms with Gasteiger partial charge in [-0.05, 0) is 63.1 Å². The number of carbonyl (C=O) groups excluding carboxylic acids is 1. The van der Waals surface area contributed by atoms with E-state index in [9.17, 15) is 4.79 Å². The number of piperidine rings is 1. The molecule has 3 aliphatic rings. The van der Waals surface area contributed by atoms with Crippen molar-refractivity contribution in [1.29, 1.82) is 0 Å². The van der Waals surface area contributed by atoms with Crippen molar-refractivity contribution in [2.75, 3.05) is 75.1 Å². The fourth-order valence-corrected chi connectivity index (χ4v) is 6.47. The van der Waals surface area contributed by atoms with Crippen molar-refractivity contribution in [2.45, 2.75) is 37.8 Å². The number of hydrogen-bond donors (Lipinski definition) is 3. The maximum absolute atomic E-state index is 12.6. The number of rotatable bonds is 8. The molecule has 2 aromatic carbocycles. The van der Waals surface area contributed by atoms with Gasteiger partial charge in [0.25, 0.3) is 5.91 Å². The molecule has 3 aliphatic heterocycles. The molecule has 11 heteroatoms. The lowest BCUT2D eigenvalue weighted by atomic mass is 10.0. The first-order valence-electron chi connectivity index (χ1n) is 15.3. The van der Waals surface area contributed by atoms with Gasteiger partial charge in [-0.3, -0.25) is 9.69 Å². The van der Waals surface area contributed by atoms with Crippen molar-refractivity contribution in [3.63, 3.8) is 0 Å². The summed E-state index contributed by atoms with van der Waals surface area (Å²) in [7, 11) is 2.21. The Morgan fingerprint density at radius 1 is 0.907 bits per heavy atom. The smallest absolute Gasteiger partial charge is 0.271 e. The number of ether oxygens (including phenoxy) is 1. The number of hydrogen-bond acceptors (Lipinski definition) is 9. The lowest BCUT2D eigenvalue weighted by molar-refractivity contribution is 0.0904. The first-order valence-corrected chi connectivity index (χ1v) is 15.7. The summed E-state index contributed by atoms with van der Waals surface area (Å²) in [5.41, 5.74) is 9.04. The van der Waals surface area contributed by atoms with Gasteiger partial charge >= 0.3 is 0 Å². The van der Waals surface area contributed by atoms with Crippen molar-refractivity contribution in [3.05, 3.63) is 59.2 Å². The Bertz CT molecular complexity index is 1400. The van der Waals surface area contributed by atoms with Crippen molar-refractivity contribution in [2.24, 2.45) is 5.73 Å². The zero-order valence-corrected chi connectivity index (χ0v) is 25.5. The van der Waals surface area contributed by atoms with E-state index < -0.39 is 5.91 Å². The van der Waals surface area contributed by atoms with Gasteiger partial charge < -0.3 is 30.9 Å². The summed E-state index contributed by atoms with van der Waals surface area (Å²) in [4.78, 5) is 29.7. The summed E-state index contributed by atoms with van der Waals surface area (Å²) in [6.07, 6.45) is 4.06. The summed E-state index contributed by atoms with van der Waals surface area (Å²) in [5.74, 6) is 0.187. The molecule has 3 saturated heterocycles. The van der Waals surface area contributed by atoms with Gasteiger partial charge in [0.15, 0.2) is 17.3 Å². The molecule has 0 aliphatic carbocycles. The number of carbonyl (C=O) groups is 1. The quantitative estimate of drug-likeness (QED) is 0.343. The molecule has 43 heavy (non-hydrogen) atoms. The van der Waals surface area contributed by atoms with E-state index in [2.05, 4.69) is 44.5 Å². The highest BCUT2D eigenvalue weighted by molar-refractivity contribution is 6.33. The van der Waals surface area contributed by atoms with E-state index in [1.54, 1.807) is 6.07 Å². The second kappa shape index (κ2) is 13.5. The molecule has 0 spiro atoms. The largest absolute Gasteiger partial charge is 0.381 e. The van der Waals surface area contributed by atoms with Crippen LogP contribution in [0.1, 0.15) is 36.2 Å². The average Bonchev–Trinajstić information content (AvgIpc) is 3.03. The first kappa shape index (κ1) is 29.6. The van der Waals surface area contributed by atoms with E-state index in [1.807, 2.05) is 30.3 Å². The van der Waals surface area contributed by atoms with E-state index in [1.165, 1.54) is 31.6 Å². The van der Waals surface area contributed by atoms with Crippen LogP contribution in [0.5, 0.6) is 0 Å². The van der Waals surface area contributed by atoms with E-state index in [0.29, 0.717) is 47.2 Å². The van der Waals surface area contributed by atoms with Crippen LogP contribution in [-0.2, 0) is 4.74 Å². The van der Waals surface area contributed by atoms with Gasteiger partial charge in [-0.15, -0.1) is 0 Å². The lowest BCUT2D eigenvalue weighted by Gasteiger charge is -2.42. The molecule has 6 rings (SSSR count). The minimum atomic E-state index is -0.666. The standard InChI is InChI=1S/C32H41ClN8O2/c1-39-16-18-41(19-17-39)25-10-14-40(15-11-25)24-8-6-22(7-9-24)35-32-29(30(34)42)37-28(26-4-2-3-5-27(26)33)31(38-32)36-23-12-20-43-21-13-23/h2-9,23,25H,10-21H2,1H3,(H2,34,42)(H2,35,36,38). The number of nitrogens with zero attached hydrogens (tertiary/aromatic N) is 5. The number of likely N-dealkylation sites (N-methyl/N-ethyl adjacent to an activating group) is 1. The number of primary amides is 1. The molecular formula is C32H41ClN8O2. The van der Waals surface area contributed by atoms with E-state index in [-0.39, 0.29) is 11.7 Å². The number of amides is 1. The molecule has 10 nitrogen and oxygen atoms in total. The van der Waals surface area contributed by atoms with Crippen LogP contribution < -0.4 is 21.3 Å². The highest BCUT2D eigenvalue weighted by Gasteiger charge is 2.27. The lowest BCUT2D eigenvalue weighted by Crippen LogP contribution is -2.52. The Morgan fingerprint density at radius 3 is 2.28 bits per heavy atom. The van der Waals surface area contributed by atoms with E-state index in [0.717, 1.165) is 44.7 Å². The number of benzene rings is 2. The predicted octanol–water partition coefficient (Wildman–Crippen LogP) is 4.45. The Hall–Kier alpha value is -3.44. The third-order valence-electron chi connectivity index (χ3n) is 8.83. The molecule has 0 radical (unpaired) electrons. The van der Waals surface area contributed by atoms with Crippen LogP contribution in [0, 0.1) is 0 Å². The minimum Gasteiger partial charge on any atom is -0.381 e. The zero-order chi connectivity index (χ0) is 29.8. The molecule has 1 amide bonds. The van der Waals surface area contributed by atoms with Crippen molar-refractivity contribution in [1.82, 2.24) is 19.8 Å². The highest BCUT2D eigenvalue weighted by Crippen LogP contribution is 2.34. The molecule has 1 aromatic heterocycles. The summed E-state index contributed by atoms with van der Waals surface area (Å²) in [6.45, 7) is 8.11. The maximum atomic E-state index is 12.6. The molecule has 0 bridgehead atoms. The average molecular weight is 605 g/mol. The first-order chi connectivity index (χ1) is 20.9. The Balaban J connectivity index is 1.20. The normalized spacial score (nSPS) is 19.3. The van der Waals surface area contributed by atoms with E-state index >= 15 is 0 Å². The number of aromatic nitrogens is 2. The van der Waals surface area contributed by atoms with Crippen LogP contribution >= 0.6 is 11.6 Å². The topological polar surface area (TPSA) is 112 Å². The number of halogens is 1. The number of anilines is 4. The van der Waals surface area contributed by atoms with Gasteiger partial charge in [-0.2, -0.15) is 0 Å². The van der Waals surface area contributed by atoms with Crippen LogP contribution in [0.15, 0.2) is 48.5 Å². The second-order valence-electron chi connectivity index (χ2n) is 11.7. The second-order valence-corrected chi connectivity index (χ2v) is 12.1. The molecule has 0 saturated carbocycles. The summed E-state index contributed by atoms with van der Waals surface area (Å²) in [6, 6.07) is 16.5. The Labute approximate surface area is 258 Å². The Kier molecular flexibility index (Phi) is 9.28. The molecule has 4 heterocycles. The fourth-order valence-electron chi connectivity index (χ4n) is 6.24. The van der Waals surface area contributed by atoms with Crippen LogP contribution in [0.2, 0.25) is 5.02 Å². The third kappa shape index (κ3) is 7.04. The molecule has 0 atom stereocenters. The van der Waals surface area contributed by atoms with Crippen LogP contribution in [0.25, 0.3) is 11.3 Å². The van der Waals surface area contributed by atoms with Gasteiger partial charge in [-0.1, -0.05) is 29.8 Å². The van der Waals surface area contributed by atoms with Crippen LogP contribution in [0.4, 0.5) is 23.0 Å². The van der Waals surface area contributed by atoms with Gasteiger partial charge in [0.2, 0.25) is 0 Å². The molecule has 3 aromatic rings. The Morgan fingerprint density at radius 2 is 1.60 bits per heavy atom. The van der Waals surface area contributed by atoms with Gasteiger partial charge in [-0.25, -0.2) is 9.97 Å². The van der Waals surface area contributed by atoms with Gasteiger partial charge in [0, 0.05) is 81.5 Å². The van der Waals surface area contributed by atoms with Gasteiger partial charge in [0.05, 0.1) is 5.02 Å². The van der Waals surface area contributed by atoms with Crippen LogP contribution in [0.3, 0.4) is 0 Å². The highest BCUT2D eigenvalue weighted by atomic mass is 35.5.